The number of hydrogen-bond donors (Lipinski definition) is 0. The molecule has 0 atom stereocenters. The van der Waals surface area contributed by atoms with E-state index in [1.165, 1.54) is 24.3 Å². The minimum atomic E-state index is -0.331. The maximum absolute atomic E-state index is 13.2. The fraction of sp³-hybridized carbons (Fsp3) is 0.316. The van der Waals surface area contributed by atoms with E-state index in [2.05, 4.69) is 0 Å². The number of rotatable bonds is 4. The molecule has 0 spiro atoms. The highest BCUT2D eigenvalue weighted by atomic mass is 19.1. The highest BCUT2D eigenvalue weighted by molar-refractivity contribution is 5.78. The van der Waals surface area contributed by atoms with Crippen molar-refractivity contribution in [3.05, 3.63) is 65.7 Å². The van der Waals surface area contributed by atoms with E-state index in [0.29, 0.717) is 37.2 Å². The summed E-state index contributed by atoms with van der Waals surface area (Å²) in [4.78, 5) is 14.1. The van der Waals surface area contributed by atoms with Crippen molar-refractivity contribution in [2.45, 2.75) is 25.4 Å². The first-order valence-corrected chi connectivity index (χ1v) is 8.04. The molecule has 5 heteroatoms. The van der Waals surface area contributed by atoms with Gasteiger partial charge in [-0.2, -0.15) is 0 Å². The summed E-state index contributed by atoms with van der Waals surface area (Å²) < 4.78 is 32.1. The fourth-order valence-electron chi connectivity index (χ4n) is 2.89. The fourth-order valence-corrected chi connectivity index (χ4v) is 2.89. The summed E-state index contributed by atoms with van der Waals surface area (Å²) in [6, 6.07) is 12.2. The summed E-state index contributed by atoms with van der Waals surface area (Å²) in [5, 5.41) is 0. The number of carbonyl (C=O) groups is 1. The Labute approximate surface area is 139 Å². The first kappa shape index (κ1) is 16.4. The topological polar surface area (TPSA) is 29.5 Å². The van der Waals surface area contributed by atoms with E-state index in [4.69, 9.17) is 4.74 Å². The standard InChI is InChI=1S/C19H19F2NO2/c20-15-4-1-3-14(11-15)12-19(23)22-9-7-17(8-10-22)24-18-6-2-5-16(21)13-18/h1-6,11,13,17H,7-10,12H2. The van der Waals surface area contributed by atoms with Gasteiger partial charge in [0.15, 0.2) is 0 Å². The first-order valence-electron chi connectivity index (χ1n) is 8.04. The molecule has 2 aromatic rings. The lowest BCUT2D eigenvalue weighted by atomic mass is 10.1. The minimum Gasteiger partial charge on any atom is -0.490 e. The molecule has 24 heavy (non-hydrogen) atoms. The Kier molecular flexibility index (Phi) is 5.08. The van der Waals surface area contributed by atoms with Gasteiger partial charge in [-0.3, -0.25) is 4.79 Å². The number of amides is 1. The Morgan fingerprint density at radius 3 is 2.38 bits per heavy atom. The quantitative estimate of drug-likeness (QED) is 0.857. The third kappa shape index (κ3) is 4.31. The van der Waals surface area contributed by atoms with Crippen molar-refractivity contribution in [1.29, 1.82) is 0 Å². The normalized spacial score (nSPS) is 15.3. The van der Waals surface area contributed by atoms with Crippen LogP contribution in [0.5, 0.6) is 5.75 Å². The van der Waals surface area contributed by atoms with Crippen LogP contribution in [0.15, 0.2) is 48.5 Å². The van der Waals surface area contributed by atoms with Crippen molar-refractivity contribution >= 4 is 5.91 Å². The SMILES string of the molecule is O=C(Cc1cccc(F)c1)N1CCC(Oc2cccc(F)c2)CC1. The van der Waals surface area contributed by atoms with Crippen LogP contribution in [0.25, 0.3) is 0 Å². The molecule has 1 saturated heterocycles. The zero-order valence-electron chi connectivity index (χ0n) is 13.3. The van der Waals surface area contributed by atoms with E-state index in [1.807, 2.05) is 0 Å². The minimum absolute atomic E-state index is 0.00944. The molecule has 0 N–H and O–H groups in total. The van der Waals surface area contributed by atoms with E-state index >= 15 is 0 Å². The highest BCUT2D eigenvalue weighted by Crippen LogP contribution is 2.20. The molecule has 1 amide bonds. The van der Waals surface area contributed by atoms with Gasteiger partial charge in [-0.25, -0.2) is 8.78 Å². The second kappa shape index (κ2) is 7.43. The van der Waals surface area contributed by atoms with Crippen LogP contribution >= 0.6 is 0 Å². The summed E-state index contributed by atoms with van der Waals surface area (Å²) in [6.45, 7) is 1.18. The van der Waals surface area contributed by atoms with Crippen LogP contribution in [0.1, 0.15) is 18.4 Å². The molecular weight excluding hydrogens is 312 g/mol. The van der Waals surface area contributed by atoms with Crippen molar-refractivity contribution in [3.8, 4) is 5.75 Å². The first-order chi connectivity index (χ1) is 11.6. The number of likely N-dealkylation sites (tertiary alicyclic amines) is 1. The highest BCUT2D eigenvalue weighted by Gasteiger charge is 2.24. The summed E-state index contributed by atoms with van der Waals surface area (Å²) in [7, 11) is 0. The molecule has 0 radical (unpaired) electrons. The van der Waals surface area contributed by atoms with Crippen molar-refractivity contribution in [2.24, 2.45) is 0 Å². The second-order valence-corrected chi connectivity index (χ2v) is 5.96. The average Bonchev–Trinajstić information content (AvgIpc) is 2.55. The molecule has 1 aliphatic heterocycles. The molecule has 0 saturated carbocycles. The molecule has 1 heterocycles. The molecule has 1 aliphatic rings. The van der Waals surface area contributed by atoms with Crippen molar-refractivity contribution in [2.75, 3.05) is 13.1 Å². The number of piperidine rings is 1. The molecule has 3 rings (SSSR count). The molecule has 0 aliphatic carbocycles. The largest absolute Gasteiger partial charge is 0.490 e. The van der Waals surface area contributed by atoms with Gasteiger partial charge in [0.25, 0.3) is 0 Å². The molecule has 3 nitrogen and oxygen atoms in total. The van der Waals surface area contributed by atoms with Crippen LogP contribution in [-0.4, -0.2) is 30.0 Å². The maximum Gasteiger partial charge on any atom is 0.226 e. The van der Waals surface area contributed by atoms with Gasteiger partial charge in [-0.15, -0.1) is 0 Å². The predicted octanol–water partition coefficient (Wildman–Crippen LogP) is 3.58. The lowest BCUT2D eigenvalue weighted by Gasteiger charge is -2.32. The molecule has 0 aromatic heterocycles. The van der Waals surface area contributed by atoms with Gasteiger partial charge >= 0.3 is 0 Å². The van der Waals surface area contributed by atoms with Crippen molar-refractivity contribution in [1.82, 2.24) is 4.90 Å². The summed E-state index contributed by atoms with van der Waals surface area (Å²) in [5.41, 5.74) is 0.679. The van der Waals surface area contributed by atoms with Gasteiger partial charge in [0, 0.05) is 32.0 Å². The number of ether oxygens (including phenoxy) is 1. The zero-order chi connectivity index (χ0) is 16.9. The molecule has 0 unspecified atom stereocenters. The van der Waals surface area contributed by atoms with Gasteiger partial charge < -0.3 is 9.64 Å². The van der Waals surface area contributed by atoms with Gasteiger partial charge in [-0.05, 0) is 29.8 Å². The Hall–Kier alpha value is -2.43. The van der Waals surface area contributed by atoms with E-state index in [0.717, 1.165) is 0 Å². The van der Waals surface area contributed by atoms with E-state index in [-0.39, 0.29) is 30.1 Å². The van der Waals surface area contributed by atoms with Gasteiger partial charge in [0.2, 0.25) is 5.91 Å². The average molecular weight is 331 g/mol. The lowest BCUT2D eigenvalue weighted by molar-refractivity contribution is -0.132. The van der Waals surface area contributed by atoms with Crippen LogP contribution in [-0.2, 0) is 11.2 Å². The summed E-state index contributed by atoms with van der Waals surface area (Å²) in [5.74, 6) is -0.151. The molecule has 0 bridgehead atoms. The molecule has 2 aromatic carbocycles. The van der Waals surface area contributed by atoms with Crippen molar-refractivity contribution in [3.63, 3.8) is 0 Å². The smallest absolute Gasteiger partial charge is 0.226 e. The Morgan fingerprint density at radius 1 is 1.04 bits per heavy atom. The Morgan fingerprint density at radius 2 is 1.71 bits per heavy atom. The maximum atomic E-state index is 13.2. The van der Waals surface area contributed by atoms with Gasteiger partial charge in [0.05, 0.1) is 6.42 Å². The van der Waals surface area contributed by atoms with E-state index < -0.39 is 0 Å². The van der Waals surface area contributed by atoms with Crippen molar-refractivity contribution < 1.29 is 18.3 Å². The number of halogens is 2. The van der Waals surface area contributed by atoms with Crippen LogP contribution in [0, 0.1) is 11.6 Å². The second-order valence-electron chi connectivity index (χ2n) is 5.96. The van der Waals surface area contributed by atoms with Crippen LogP contribution in [0.4, 0.5) is 8.78 Å². The molecule has 126 valence electrons. The number of hydrogen-bond acceptors (Lipinski definition) is 2. The number of benzene rings is 2. The third-order valence-corrected chi connectivity index (χ3v) is 4.14. The zero-order valence-corrected chi connectivity index (χ0v) is 13.3. The van der Waals surface area contributed by atoms with E-state index in [9.17, 15) is 13.6 Å². The number of nitrogens with zero attached hydrogens (tertiary/aromatic N) is 1. The van der Waals surface area contributed by atoms with Crippen LogP contribution in [0.2, 0.25) is 0 Å². The third-order valence-electron chi connectivity index (χ3n) is 4.14. The summed E-state index contributed by atoms with van der Waals surface area (Å²) >= 11 is 0. The molecule has 1 fully saturated rings. The van der Waals surface area contributed by atoms with Gasteiger partial charge in [0.1, 0.15) is 23.5 Å². The van der Waals surface area contributed by atoms with Crippen LogP contribution < -0.4 is 4.74 Å². The Bertz CT molecular complexity index is 712. The van der Waals surface area contributed by atoms with E-state index in [1.54, 1.807) is 29.2 Å². The molecular formula is C19H19F2NO2. The predicted molar refractivity (Wildman–Crippen MR) is 86.7 cm³/mol. The lowest BCUT2D eigenvalue weighted by Crippen LogP contribution is -2.42. The summed E-state index contributed by atoms with van der Waals surface area (Å²) in [6.07, 6.45) is 1.58. The van der Waals surface area contributed by atoms with Gasteiger partial charge in [-0.1, -0.05) is 18.2 Å². The Balaban J connectivity index is 1.50. The van der Waals surface area contributed by atoms with Crippen LogP contribution in [0.3, 0.4) is 0 Å². The number of carbonyl (C=O) groups excluding carboxylic acids is 1. The monoisotopic (exact) mass is 331 g/mol.